The minimum atomic E-state index is -2.68. The molecule has 1 saturated carbocycles. The Hall–Kier alpha value is -4.26. The van der Waals surface area contributed by atoms with Gasteiger partial charge in [0, 0.05) is 36.5 Å². The fourth-order valence-electron chi connectivity index (χ4n) is 7.43. The lowest BCUT2D eigenvalue weighted by atomic mass is 9.57. The second kappa shape index (κ2) is 9.90. The number of hydrogen-bond donors (Lipinski definition) is 5. The molecule has 1 saturated heterocycles. The average molecular weight is 592 g/mol. The second-order valence-electron chi connectivity index (χ2n) is 12.2. The number of carbonyl (C=O) groups excluding carboxylic acids is 4. The van der Waals surface area contributed by atoms with Crippen LogP contribution in [0.5, 0.6) is 5.75 Å². The number of aliphatic hydroxyl groups excluding tert-OH is 2. The molecular weight excluding hydrogens is 558 g/mol. The van der Waals surface area contributed by atoms with Gasteiger partial charge in [-0.3, -0.25) is 29.0 Å². The summed E-state index contributed by atoms with van der Waals surface area (Å²) in [7, 11) is 4.48. The van der Waals surface area contributed by atoms with E-state index in [1.165, 1.54) is 12.0 Å². The number of primary amides is 1. The van der Waals surface area contributed by atoms with Gasteiger partial charge in [-0.15, -0.1) is 0 Å². The van der Waals surface area contributed by atoms with Gasteiger partial charge in [0.2, 0.25) is 5.78 Å². The quantitative estimate of drug-likeness (QED) is 0.243. The summed E-state index contributed by atoms with van der Waals surface area (Å²) in [4.78, 5) is 54.6. The van der Waals surface area contributed by atoms with Crippen molar-refractivity contribution in [3.8, 4) is 5.75 Å². The largest absolute Gasteiger partial charge is 0.508 e. The zero-order valence-corrected chi connectivity index (χ0v) is 24.0. The molecule has 4 unspecified atom stereocenters. The van der Waals surface area contributed by atoms with Gasteiger partial charge < -0.3 is 30.9 Å². The van der Waals surface area contributed by atoms with Crippen LogP contribution in [0.4, 0.5) is 0 Å². The number of ether oxygens (including phenoxy) is 1. The third-order valence-electron chi connectivity index (χ3n) is 9.49. The molecule has 0 bridgehead atoms. The molecule has 3 aliphatic carbocycles. The standard InChI is InChI=1S/C31H33N3O9/c1-33(2)23-19-9-16-8-15-7-14-5-4-13(10-34-11-17(12-34)30(41)43-3)6-18(14)24(35)20(15)25(36)21(16)27(38)31(19,42)28(39)22(26(23)37)29(32)40/h4-7,16-17,19,23,35-36,39,42H,8-12H2,1-3H3,(H2,32,40). The van der Waals surface area contributed by atoms with Gasteiger partial charge in [-0.25, -0.2) is 0 Å². The summed E-state index contributed by atoms with van der Waals surface area (Å²) in [5.41, 5.74) is 3.18. The Morgan fingerprint density at radius 3 is 2.47 bits per heavy atom. The van der Waals surface area contributed by atoms with Gasteiger partial charge in [0.05, 0.1) is 24.6 Å². The first-order chi connectivity index (χ1) is 20.3. The maximum atomic E-state index is 14.0. The SMILES string of the molecule is COC(=O)C1CN(Cc2ccc3cc4c(c(O)c3c2)C(O)=C2C(=O)C3(O)C(O)=C(C(N)=O)C(=O)C(N(C)C)C3CC2C4)C1. The van der Waals surface area contributed by atoms with Crippen molar-refractivity contribution in [3.63, 3.8) is 0 Å². The molecule has 4 aliphatic rings. The van der Waals surface area contributed by atoms with Gasteiger partial charge in [0.15, 0.2) is 11.4 Å². The van der Waals surface area contributed by atoms with Crippen LogP contribution >= 0.6 is 0 Å². The van der Waals surface area contributed by atoms with Crippen molar-refractivity contribution in [2.75, 3.05) is 34.3 Å². The van der Waals surface area contributed by atoms with E-state index in [4.69, 9.17) is 10.5 Å². The second-order valence-corrected chi connectivity index (χ2v) is 12.2. The summed E-state index contributed by atoms with van der Waals surface area (Å²) in [6.07, 6.45) is 0.258. The van der Waals surface area contributed by atoms with Gasteiger partial charge in [-0.1, -0.05) is 18.2 Å². The fraction of sp³-hybridized carbons (Fsp3) is 0.419. The molecule has 0 spiro atoms. The third-order valence-corrected chi connectivity index (χ3v) is 9.49. The summed E-state index contributed by atoms with van der Waals surface area (Å²) in [6.45, 7) is 1.64. The van der Waals surface area contributed by atoms with E-state index in [9.17, 15) is 39.6 Å². The lowest BCUT2D eigenvalue weighted by Gasteiger charge is -2.50. The highest BCUT2D eigenvalue weighted by Gasteiger charge is 2.64. The zero-order valence-electron chi connectivity index (χ0n) is 24.0. The maximum Gasteiger partial charge on any atom is 0.311 e. The van der Waals surface area contributed by atoms with Crippen molar-refractivity contribution in [2.24, 2.45) is 23.5 Å². The molecule has 43 heavy (non-hydrogen) atoms. The van der Waals surface area contributed by atoms with E-state index >= 15 is 0 Å². The minimum absolute atomic E-state index is 0.0336. The molecule has 6 rings (SSSR count). The van der Waals surface area contributed by atoms with Crippen molar-refractivity contribution in [1.82, 2.24) is 9.80 Å². The number of nitrogens with zero attached hydrogens (tertiary/aromatic N) is 2. The highest BCUT2D eigenvalue weighted by molar-refractivity contribution is 6.24. The number of methoxy groups -OCH3 is 1. The van der Waals surface area contributed by atoms with E-state index in [-0.39, 0.29) is 41.6 Å². The number of benzene rings is 2. The van der Waals surface area contributed by atoms with Crippen LogP contribution in [0, 0.1) is 17.8 Å². The molecule has 226 valence electrons. The van der Waals surface area contributed by atoms with E-state index < -0.39 is 58.0 Å². The highest BCUT2D eigenvalue weighted by Crippen LogP contribution is 2.53. The first-order valence-electron chi connectivity index (χ1n) is 14.0. The molecule has 2 fully saturated rings. The number of carbonyl (C=O) groups is 4. The number of phenolic OH excluding ortho intramolecular Hbond substituents is 1. The molecule has 1 aliphatic heterocycles. The summed E-state index contributed by atoms with van der Waals surface area (Å²) >= 11 is 0. The van der Waals surface area contributed by atoms with E-state index in [0.717, 1.165) is 10.9 Å². The molecule has 12 nitrogen and oxygen atoms in total. The normalized spacial score (nSPS) is 27.6. The van der Waals surface area contributed by atoms with Gasteiger partial charge >= 0.3 is 5.97 Å². The van der Waals surface area contributed by atoms with Crippen molar-refractivity contribution in [3.05, 3.63) is 57.9 Å². The highest BCUT2D eigenvalue weighted by atomic mass is 16.5. The summed E-state index contributed by atoms with van der Waals surface area (Å²) < 4.78 is 4.79. The summed E-state index contributed by atoms with van der Waals surface area (Å²) in [6, 6.07) is 6.28. The van der Waals surface area contributed by atoms with Crippen LogP contribution in [-0.4, -0.2) is 99.6 Å². The number of likely N-dealkylation sites (tertiary alicyclic amines) is 1. The predicted octanol–water partition coefficient (Wildman–Crippen LogP) is 0.722. The molecule has 2 aromatic rings. The predicted molar refractivity (Wildman–Crippen MR) is 153 cm³/mol. The zero-order chi connectivity index (χ0) is 31.1. The Bertz CT molecular complexity index is 1690. The number of fused-ring (bicyclic) bond motifs is 4. The number of amides is 1. The number of phenols is 1. The number of esters is 1. The third kappa shape index (κ3) is 4.08. The molecule has 4 atom stereocenters. The van der Waals surface area contributed by atoms with Crippen LogP contribution in [-0.2, 0) is 36.9 Å². The number of Topliss-reactive ketones (excluding diaryl/α,β-unsaturated/α-hetero) is 2. The summed E-state index contributed by atoms with van der Waals surface area (Å²) in [5.74, 6) is -7.16. The van der Waals surface area contributed by atoms with Crippen LogP contribution in [0.1, 0.15) is 23.1 Å². The van der Waals surface area contributed by atoms with Crippen molar-refractivity contribution in [1.29, 1.82) is 0 Å². The molecule has 12 heteroatoms. The molecule has 6 N–H and O–H groups in total. The number of aliphatic hydroxyl groups is 3. The number of likely N-dealkylation sites (N-methyl/N-ethyl adjacent to an activating group) is 1. The van der Waals surface area contributed by atoms with E-state index in [2.05, 4.69) is 4.90 Å². The first-order valence-corrected chi connectivity index (χ1v) is 14.0. The number of rotatable bonds is 5. The Balaban J connectivity index is 1.41. The first kappa shape index (κ1) is 28.8. The lowest BCUT2D eigenvalue weighted by molar-refractivity contribution is -0.154. The summed E-state index contributed by atoms with van der Waals surface area (Å²) in [5, 5.41) is 46.8. The van der Waals surface area contributed by atoms with E-state index in [1.54, 1.807) is 20.2 Å². The Morgan fingerprint density at radius 1 is 1.14 bits per heavy atom. The van der Waals surface area contributed by atoms with Crippen molar-refractivity contribution in [2.45, 2.75) is 31.0 Å². The number of hydrogen-bond acceptors (Lipinski definition) is 11. The molecule has 1 amide bonds. The molecule has 0 radical (unpaired) electrons. The van der Waals surface area contributed by atoms with Crippen molar-refractivity contribution >= 4 is 40.0 Å². The van der Waals surface area contributed by atoms with E-state index in [0.29, 0.717) is 30.6 Å². The Morgan fingerprint density at radius 2 is 1.84 bits per heavy atom. The smallest absolute Gasteiger partial charge is 0.311 e. The number of aromatic hydroxyl groups is 1. The Labute approximate surface area is 246 Å². The van der Waals surface area contributed by atoms with Crippen LogP contribution in [0.25, 0.3) is 16.5 Å². The van der Waals surface area contributed by atoms with Crippen LogP contribution < -0.4 is 5.73 Å². The van der Waals surface area contributed by atoms with Gasteiger partial charge in [0.25, 0.3) is 5.91 Å². The van der Waals surface area contributed by atoms with Gasteiger partial charge in [-0.05, 0) is 55.4 Å². The molecule has 1 heterocycles. The fourth-order valence-corrected chi connectivity index (χ4v) is 7.43. The van der Waals surface area contributed by atoms with Crippen LogP contribution in [0.3, 0.4) is 0 Å². The monoisotopic (exact) mass is 591 g/mol. The lowest BCUT2D eigenvalue weighted by Crippen LogP contribution is -2.65. The Kier molecular flexibility index (Phi) is 6.64. The van der Waals surface area contributed by atoms with Crippen LogP contribution in [0.2, 0.25) is 0 Å². The number of nitrogens with two attached hydrogens (primary N) is 1. The molecular formula is C31H33N3O9. The molecule has 2 aromatic carbocycles. The van der Waals surface area contributed by atoms with Crippen LogP contribution in [0.15, 0.2) is 41.2 Å². The van der Waals surface area contributed by atoms with E-state index in [1.807, 2.05) is 18.2 Å². The average Bonchev–Trinajstić information content (AvgIpc) is 2.92. The topological polar surface area (TPSA) is 191 Å². The minimum Gasteiger partial charge on any atom is -0.508 e. The van der Waals surface area contributed by atoms with Crippen molar-refractivity contribution < 1.29 is 44.3 Å². The molecule has 0 aromatic heterocycles. The van der Waals surface area contributed by atoms with Gasteiger partial charge in [-0.2, -0.15) is 0 Å². The van der Waals surface area contributed by atoms with Gasteiger partial charge in [0.1, 0.15) is 22.8 Å². The number of ketones is 2. The maximum absolute atomic E-state index is 14.0.